The molecule has 2 amide bonds. The molecule has 2 fully saturated rings. The van der Waals surface area contributed by atoms with Gasteiger partial charge in [0.2, 0.25) is 5.95 Å². The Kier molecular flexibility index (Phi) is 13.3. The van der Waals surface area contributed by atoms with Crippen molar-refractivity contribution in [3.05, 3.63) is 94.2 Å². The number of carbonyl (C=O) groups is 2. The maximum absolute atomic E-state index is 12.0. The van der Waals surface area contributed by atoms with Crippen LogP contribution in [-0.2, 0) is 4.74 Å². The average molecular weight is 588 g/mol. The van der Waals surface area contributed by atoms with E-state index in [9.17, 15) is 14.4 Å². The monoisotopic (exact) mass is 587 g/mol. The molecule has 3 N–H and O–H groups in total. The first kappa shape index (κ1) is 32.9. The van der Waals surface area contributed by atoms with Gasteiger partial charge in [-0.25, -0.2) is 4.98 Å². The predicted molar refractivity (Wildman–Crippen MR) is 168 cm³/mol. The van der Waals surface area contributed by atoms with Gasteiger partial charge in [-0.3, -0.25) is 14.4 Å². The molecule has 11 nitrogen and oxygen atoms in total. The zero-order valence-electron chi connectivity index (χ0n) is 25.2. The normalized spacial score (nSPS) is 14.2. The number of hydrogen-bond donors (Lipinski definition) is 2. The van der Waals surface area contributed by atoms with E-state index in [1.807, 2.05) is 80.3 Å². The summed E-state index contributed by atoms with van der Waals surface area (Å²) >= 11 is 0. The smallest absolute Gasteiger partial charge is 0.270 e. The lowest BCUT2D eigenvalue weighted by Gasteiger charge is -2.26. The molecule has 2 aliphatic heterocycles. The molecule has 0 saturated carbocycles. The van der Waals surface area contributed by atoms with Crippen LogP contribution >= 0.6 is 0 Å². The second-order valence-corrected chi connectivity index (χ2v) is 9.72. The van der Waals surface area contributed by atoms with E-state index in [1.54, 1.807) is 6.20 Å². The van der Waals surface area contributed by atoms with Crippen molar-refractivity contribution in [2.45, 2.75) is 40.0 Å². The van der Waals surface area contributed by atoms with Gasteiger partial charge in [0.05, 0.1) is 19.4 Å². The van der Waals surface area contributed by atoms with Gasteiger partial charge in [0.15, 0.2) is 5.69 Å². The molecule has 4 aromatic rings. The highest BCUT2D eigenvalue weighted by Crippen LogP contribution is 2.14. The van der Waals surface area contributed by atoms with E-state index in [0.717, 1.165) is 42.3 Å². The largest absolute Gasteiger partial charge is 0.378 e. The Bertz CT molecular complexity index is 1470. The summed E-state index contributed by atoms with van der Waals surface area (Å²) in [4.78, 5) is 44.5. The Labute approximate surface area is 252 Å². The molecule has 11 heteroatoms. The van der Waals surface area contributed by atoms with Crippen LogP contribution in [0.4, 0.5) is 5.95 Å². The number of primary amides is 1. The molecule has 2 saturated heterocycles. The van der Waals surface area contributed by atoms with Crippen LogP contribution in [0.1, 0.15) is 59.5 Å². The van der Waals surface area contributed by atoms with Crippen molar-refractivity contribution < 1.29 is 14.3 Å². The molecule has 0 bridgehead atoms. The molecule has 2 aliphatic rings. The number of pyridine rings is 1. The number of nitrogens with zero attached hydrogens (tertiary/aromatic N) is 5. The molecule has 228 valence electrons. The SMILES string of the molecule is CC.Cc1ccc(C(=O)N2CCOCC2)cc1.NC(=O)c1cnc(N2CCCCC2)nn1.O=c1[nH]ccc2ccccc12. The van der Waals surface area contributed by atoms with Gasteiger partial charge in [0, 0.05) is 43.3 Å². The molecular formula is C32H41N7O4. The summed E-state index contributed by atoms with van der Waals surface area (Å²) in [5.41, 5.74) is 7.07. The van der Waals surface area contributed by atoms with Crippen molar-refractivity contribution in [1.82, 2.24) is 25.1 Å². The van der Waals surface area contributed by atoms with E-state index >= 15 is 0 Å². The van der Waals surface area contributed by atoms with Crippen LogP contribution in [-0.4, -0.2) is 76.3 Å². The number of benzene rings is 2. The Hall–Kier alpha value is -4.64. The Morgan fingerprint density at radius 2 is 1.56 bits per heavy atom. The van der Waals surface area contributed by atoms with Gasteiger partial charge in [-0.15, -0.1) is 10.2 Å². The number of nitrogens with two attached hydrogens (primary N) is 1. The molecule has 43 heavy (non-hydrogen) atoms. The number of amides is 2. The third-order valence-electron chi connectivity index (χ3n) is 6.72. The third kappa shape index (κ3) is 10.00. The van der Waals surface area contributed by atoms with Gasteiger partial charge in [-0.05, 0) is 55.8 Å². The number of rotatable bonds is 3. The van der Waals surface area contributed by atoms with Crippen LogP contribution in [0, 0.1) is 6.92 Å². The number of H-pyrrole nitrogens is 1. The van der Waals surface area contributed by atoms with E-state index in [2.05, 4.69) is 25.1 Å². The van der Waals surface area contributed by atoms with Gasteiger partial charge in [0.1, 0.15) is 0 Å². The van der Waals surface area contributed by atoms with Crippen molar-refractivity contribution in [1.29, 1.82) is 0 Å². The fraction of sp³-hybridized carbons (Fsp3) is 0.375. The number of hydrogen-bond acceptors (Lipinski definition) is 8. The van der Waals surface area contributed by atoms with E-state index in [4.69, 9.17) is 10.5 Å². The van der Waals surface area contributed by atoms with Gasteiger partial charge in [-0.1, -0.05) is 49.7 Å². The van der Waals surface area contributed by atoms with Crippen LogP contribution in [0.5, 0.6) is 0 Å². The van der Waals surface area contributed by atoms with Crippen molar-refractivity contribution in [2.24, 2.45) is 5.73 Å². The summed E-state index contributed by atoms with van der Waals surface area (Å²) in [6, 6.07) is 17.1. The second kappa shape index (κ2) is 17.3. The lowest BCUT2D eigenvalue weighted by Crippen LogP contribution is -2.40. The van der Waals surface area contributed by atoms with E-state index in [-0.39, 0.29) is 17.2 Å². The van der Waals surface area contributed by atoms with Crippen LogP contribution in [0.25, 0.3) is 10.8 Å². The summed E-state index contributed by atoms with van der Waals surface area (Å²) in [6.45, 7) is 10.6. The number of fused-ring (bicyclic) bond motifs is 1. The highest BCUT2D eigenvalue weighted by atomic mass is 16.5. The minimum Gasteiger partial charge on any atom is -0.378 e. The first-order valence-corrected chi connectivity index (χ1v) is 14.7. The minimum atomic E-state index is -0.597. The van der Waals surface area contributed by atoms with Gasteiger partial charge < -0.3 is 25.3 Å². The third-order valence-corrected chi connectivity index (χ3v) is 6.72. The molecule has 0 aliphatic carbocycles. The summed E-state index contributed by atoms with van der Waals surface area (Å²) in [7, 11) is 0. The highest BCUT2D eigenvalue weighted by Gasteiger charge is 2.18. The molecule has 0 spiro atoms. The predicted octanol–water partition coefficient (Wildman–Crippen LogP) is 3.98. The van der Waals surface area contributed by atoms with Crippen LogP contribution in [0.3, 0.4) is 0 Å². The fourth-order valence-corrected chi connectivity index (χ4v) is 4.40. The van der Waals surface area contributed by atoms with Gasteiger partial charge in [0.25, 0.3) is 17.4 Å². The summed E-state index contributed by atoms with van der Waals surface area (Å²) in [5, 5.41) is 9.34. The lowest BCUT2D eigenvalue weighted by molar-refractivity contribution is 0.0303. The van der Waals surface area contributed by atoms with Crippen molar-refractivity contribution in [3.8, 4) is 0 Å². The number of aromatic amines is 1. The molecule has 0 unspecified atom stereocenters. The van der Waals surface area contributed by atoms with E-state index in [1.165, 1.54) is 18.2 Å². The number of anilines is 1. The van der Waals surface area contributed by atoms with Crippen LogP contribution in [0.2, 0.25) is 0 Å². The molecule has 6 rings (SSSR count). The first-order chi connectivity index (χ1) is 20.9. The lowest BCUT2D eigenvalue weighted by atomic mass is 10.1. The summed E-state index contributed by atoms with van der Waals surface area (Å²) in [6.07, 6.45) is 6.59. The number of aromatic nitrogens is 4. The van der Waals surface area contributed by atoms with Gasteiger partial charge in [-0.2, -0.15) is 0 Å². The topological polar surface area (TPSA) is 147 Å². The van der Waals surface area contributed by atoms with E-state index < -0.39 is 5.91 Å². The molecule has 2 aromatic carbocycles. The molecule has 2 aromatic heterocycles. The molecule has 4 heterocycles. The van der Waals surface area contributed by atoms with Crippen molar-refractivity contribution >= 4 is 28.5 Å². The number of morpholine rings is 1. The number of carbonyl (C=O) groups excluding carboxylic acids is 2. The van der Waals surface area contributed by atoms with Crippen molar-refractivity contribution in [2.75, 3.05) is 44.3 Å². The average Bonchev–Trinajstić information content (AvgIpc) is 3.07. The molecule has 0 atom stereocenters. The number of aryl methyl sites for hydroxylation is 1. The molecular weight excluding hydrogens is 546 g/mol. The van der Waals surface area contributed by atoms with E-state index in [0.29, 0.717) is 32.3 Å². The quantitative estimate of drug-likeness (QED) is 0.366. The summed E-state index contributed by atoms with van der Waals surface area (Å²) < 4.78 is 5.21. The Balaban J connectivity index is 0.000000174. The van der Waals surface area contributed by atoms with Crippen LogP contribution < -0.4 is 16.2 Å². The van der Waals surface area contributed by atoms with Gasteiger partial charge >= 0.3 is 0 Å². The highest BCUT2D eigenvalue weighted by molar-refractivity contribution is 5.94. The number of piperidine rings is 1. The maximum atomic E-state index is 12.0. The standard InChI is InChI=1S/C12H15NO2.C9H13N5O.C9H7NO.C2H6/c1-10-2-4-11(5-3-10)12(14)13-6-8-15-9-7-13;10-8(15)7-6-11-9(13-12-7)14-4-2-1-3-5-14;11-9-8-4-2-1-3-7(8)5-6-10-9;1-2/h2-5H,6-9H2,1H3;6H,1-5H2,(H2,10,15);1-6H,(H,10,11);1-2H3. The van der Waals surface area contributed by atoms with Crippen LogP contribution in [0.15, 0.2) is 71.8 Å². The first-order valence-electron chi connectivity index (χ1n) is 14.7. The summed E-state index contributed by atoms with van der Waals surface area (Å²) in [5.74, 6) is 0.0956. The Morgan fingerprint density at radius 3 is 2.16 bits per heavy atom. The Morgan fingerprint density at radius 1 is 0.884 bits per heavy atom. The number of nitrogens with one attached hydrogen (secondary N) is 1. The molecule has 0 radical (unpaired) electrons. The second-order valence-electron chi connectivity index (χ2n) is 9.72. The number of ether oxygens (including phenoxy) is 1. The minimum absolute atomic E-state index is 0.0249. The van der Waals surface area contributed by atoms with Crippen molar-refractivity contribution in [3.63, 3.8) is 0 Å². The zero-order chi connectivity index (χ0) is 31.0. The fourth-order valence-electron chi connectivity index (χ4n) is 4.40. The zero-order valence-corrected chi connectivity index (χ0v) is 25.2. The maximum Gasteiger partial charge on any atom is 0.270 e.